The Morgan fingerprint density at radius 2 is 1.38 bits per heavy atom. The summed E-state index contributed by atoms with van der Waals surface area (Å²) < 4.78 is 39.6. The van der Waals surface area contributed by atoms with E-state index >= 15 is 0 Å². The summed E-state index contributed by atoms with van der Waals surface area (Å²) in [5.74, 6) is -2.16. The van der Waals surface area contributed by atoms with E-state index in [1.54, 1.807) is 0 Å². The highest BCUT2D eigenvalue weighted by Crippen LogP contribution is 2.26. The summed E-state index contributed by atoms with van der Waals surface area (Å²) in [6.07, 6.45) is 0. The molecule has 2 rings (SSSR count). The second kappa shape index (κ2) is 4.00. The van der Waals surface area contributed by atoms with Gasteiger partial charge in [0.05, 0.1) is 0 Å². The molecule has 3 heteroatoms. The van der Waals surface area contributed by atoms with Crippen LogP contribution in [0, 0.1) is 24.4 Å². The van der Waals surface area contributed by atoms with Crippen LogP contribution >= 0.6 is 0 Å². The van der Waals surface area contributed by atoms with Gasteiger partial charge >= 0.3 is 0 Å². The molecule has 0 aliphatic heterocycles. The molecule has 0 N–H and O–H groups in total. The molecule has 0 aliphatic carbocycles. The van der Waals surface area contributed by atoms with Crippen molar-refractivity contribution in [1.82, 2.24) is 0 Å². The molecular weight excluding hydrogens is 213 g/mol. The molecule has 0 atom stereocenters. The first-order valence-corrected chi connectivity index (χ1v) is 4.80. The second-order valence-electron chi connectivity index (χ2n) is 3.56. The summed E-state index contributed by atoms with van der Waals surface area (Å²) in [5, 5.41) is 0. The minimum absolute atomic E-state index is 0.142. The molecule has 82 valence electrons. The van der Waals surface area contributed by atoms with Crippen molar-refractivity contribution >= 4 is 0 Å². The van der Waals surface area contributed by atoms with Crippen LogP contribution in [0.5, 0.6) is 0 Å². The van der Waals surface area contributed by atoms with Gasteiger partial charge in [-0.3, -0.25) is 0 Å². The SMILES string of the molecule is Cc1ccc(-c2ccc(F)cc2)c(F)c1F. The molecule has 2 aromatic carbocycles. The highest BCUT2D eigenvalue weighted by atomic mass is 19.2. The highest BCUT2D eigenvalue weighted by Gasteiger charge is 2.12. The molecule has 2 aromatic rings. The lowest BCUT2D eigenvalue weighted by Gasteiger charge is -2.06. The van der Waals surface area contributed by atoms with Crippen molar-refractivity contribution in [2.75, 3.05) is 0 Å². The molecule has 0 saturated carbocycles. The first-order valence-electron chi connectivity index (χ1n) is 4.80. The number of halogens is 3. The van der Waals surface area contributed by atoms with Crippen LogP contribution in [0.25, 0.3) is 11.1 Å². The van der Waals surface area contributed by atoms with Crippen LogP contribution in [0.4, 0.5) is 13.2 Å². The van der Waals surface area contributed by atoms with Gasteiger partial charge in [0, 0.05) is 5.56 Å². The molecule has 0 radical (unpaired) electrons. The van der Waals surface area contributed by atoms with Crippen LogP contribution in [0.3, 0.4) is 0 Å². The molecule has 0 aromatic heterocycles. The van der Waals surface area contributed by atoms with Crippen LogP contribution in [0.15, 0.2) is 36.4 Å². The minimum atomic E-state index is -0.897. The second-order valence-corrected chi connectivity index (χ2v) is 3.56. The summed E-state index contributed by atoms with van der Waals surface area (Å²) in [6, 6.07) is 8.25. The Balaban J connectivity index is 2.57. The Labute approximate surface area is 91.4 Å². The van der Waals surface area contributed by atoms with Crippen molar-refractivity contribution in [1.29, 1.82) is 0 Å². The van der Waals surface area contributed by atoms with Gasteiger partial charge in [0.1, 0.15) is 5.82 Å². The van der Waals surface area contributed by atoms with Crippen molar-refractivity contribution in [3.8, 4) is 11.1 Å². The van der Waals surface area contributed by atoms with E-state index in [4.69, 9.17) is 0 Å². The van der Waals surface area contributed by atoms with E-state index in [1.165, 1.54) is 43.3 Å². The molecule has 0 saturated heterocycles. The molecule has 0 heterocycles. The molecule has 0 amide bonds. The average Bonchev–Trinajstić information content (AvgIpc) is 2.28. The lowest BCUT2D eigenvalue weighted by atomic mass is 10.0. The third-order valence-corrected chi connectivity index (χ3v) is 2.43. The van der Waals surface area contributed by atoms with E-state index < -0.39 is 17.5 Å². The zero-order valence-corrected chi connectivity index (χ0v) is 8.60. The van der Waals surface area contributed by atoms with Gasteiger partial charge in [-0.05, 0) is 30.2 Å². The van der Waals surface area contributed by atoms with Crippen LogP contribution in [0.1, 0.15) is 5.56 Å². The molecule has 0 bridgehead atoms. The van der Waals surface area contributed by atoms with Gasteiger partial charge in [-0.25, -0.2) is 13.2 Å². The van der Waals surface area contributed by atoms with Gasteiger partial charge in [0.15, 0.2) is 11.6 Å². The Bertz CT molecular complexity index is 515. The third kappa shape index (κ3) is 1.81. The average molecular weight is 222 g/mol. The maximum absolute atomic E-state index is 13.6. The van der Waals surface area contributed by atoms with Crippen molar-refractivity contribution in [2.24, 2.45) is 0 Å². The van der Waals surface area contributed by atoms with E-state index in [0.29, 0.717) is 5.56 Å². The first kappa shape index (κ1) is 10.7. The molecular formula is C13H9F3. The summed E-state index contributed by atoms with van der Waals surface area (Å²) >= 11 is 0. The Kier molecular flexibility index (Phi) is 2.69. The van der Waals surface area contributed by atoms with Crippen LogP contribution in [0.2, 0.25) is 0 Å². The summed E-state index contributed by atoms with van der Waals surface area (Å²) in [4.78, 5) is 0. The van der Waals surface area contributed by atoms with Gasteiger partial charge in [-0.2, -0.15) is 0 Å². The quantitative estimate of drug-likeness (QED) is 0.682. The molecule has 0 fully saturated rings. The van der Waals surface area contributed by atoms with E-state index in [0.717, 1.165) is 0 Å². The molecule has 0 nitrogen and oxygen atoms in total. The molecule has 0 unspecified atom stereocenters. The number of aryl methyl sites for hydroxylation is 1. The van der Waals surface area contributed by atoms with Crippen molar-refractivity contribution in [2.45, 2.75) is 6.92 Å². The third-order valence-electron chi connectivity index (χ3n) is 2.43. The zero-order chi connectivity index (χ0) is 11.7. The van der Waals surface area contributed by atoms with E-state index in [-0.39, 0.29) is 11.1 Å². The fraction of sp³-hybridized carbons (Fsp3) is 0.0769. The number of benzene rings is 2. The molecule has 16 heavy (non-hydrogen) atoms. The van der Waals surface area contributed by atoms with E-state index in [2.05, 4.69) is 0 Å². The van der Waals surface area contributed by atoms with Gasteiger partial charge < -0.3 is 0 Å². The van der Waals surface area contributed by atoms with Gasteiger partial charge in [0.25, 0.3) is 0 Å². The van der Waals surface area contributed by atoms with Crippen molar-refractivity contribution in [3.05, 3.63) is 59.4 Å². The zero-order valence-electron chi connectivity index (χ0n) is 8.60. The normalized spacial score (nSPS) is 10.5. The monoisotopic (exact) mass is 222 g/mol. The number of rotatable bonds is 1. The maximum Gasteiger partial charge on any atom is 0.166 e. The van der Waals surface area contributed by atoms with Crippen LogP contribution in [-0.4, -0.2) is 0 Å². The minimum Gasteiger partial charge on any atom is -0.207 e. The highest BCUT2D eigenvalue weighted by molar-refractivity contribution is 5.64. The summed E-state index contributed by atoms with van der Waals surface area (Å²) in [6.45, 7) is 1.49. The van der Waals surface area contributed by atoms with Gasteiger partial charge in [-0.15, -0.1) is 0 Å². The fourth-order valence-corrected chi connectivity index (χ4v) is 1.50. The maximum atomic E-state index is 13.6. The lowest BCUT2D eigenvalue weighted by Crippen LogP contribution is -1.93. The largest absolute Gasteiger partial charge is 0.207 e. The van der Waals surface area contributed by atoms with Gasteiger partial charge in [0.2, 0.25) is 0 Å². The number of hydrogen-bond acceptors (Lipinski definition) is 0. The van der Waals surface area contributed by atoms with Crippen molar-refractivity contribution < 1.29 is 13.2 Å². The molecule has 0 aliphatic rings. The summed E-state index contributed by atoms with van der Waals surface area (Å²) in [7, 11) is 0. The smallest absolute Gasteiger partial charge is 0.166 e. The molecule has 0 spiro atoms. The van der Waals surface area contributed by atoms with E-state index in [1.807, 2.05) is 0 Å². The predicted octanol–water partition coefficient (Wildman–Crippen LogP) is 4.08. The topological polar surface area (TPSA) is 0 Å². The fourth-order valence-electron chi connectivity index (χ4n) is 1.50. The van der Waals surface area contributed by atoms with Crippen LogP contribution in [-0.2, 0) is 0 Å². The standard InChI is InChI=1S/C13H9F3/c1-8-2-7-11(13(16)12(8)15)9-3-5-10(14)6-4-9/h2-7H,1H3. The summed E-state index contributed by atoms with van der Waals surface area (Å²) in [5.41, 5.74) is 0.851. The predicted molar refractivity (Wildman–Crippen MR) is 56.5 cm³/mol. The van der Waals surface area contributed by atoms with Crippen molar-refractivity contribution in [3.63, 3.8) is 0 Å². The Morgan fingerprint density at radius 1 is 0.750 bits per heavy atom. The lowest BCUT2D eigenvalue weighted by molar-refractivity contribution is 0.505. The Hall–Kier alpha value is -1.77. The van der Waals surface area contributed by atoms with Gasteiger partial charge in [-0.1, -0.05) is 24.3 Å². The van der Waals surface area contributed by atoms with E-state index in [9.17, 15) is 13.2 Å². The number of hydrogen-bond donors (Lipinski definition) is 0. The first-order chi connectivity index (χ1) is 7.59. The van der Waals surface area contributed by atoms with Crippen LogP contribution < -0.4 is 0 Å². The Morgan fingerprint density at radius 3 is 2.00 bits per heavy atom.